The molecule has 10 heteroatoms. The summed E-state index contributed by atoms with van der Waals surface area (Å²) in [6.07, 6.45) is 0.636. The number of carbonyl (C=O) groups is 1. The minimum atomic E-state index is -0.450. The molecule has 24 heavy (non-hydrogen) atoms. The molecule has 0 bridgehead atoms. The first-order valence-corrected chi connectivity index (χ1v) is 8.45. The van der Waals surface area contributed by atoms with Gasteiger partial charge in [0.2, 0.25) is 5.91 Å². The molecule has 0 aliphatic carbocycles. The van der Waals surface area contributed by atoms with Crippen LogP contribution in [0.5, 0.6) is 0 Å². The largest absolute Gasteiger partial charge is 0.394 e. The van der Waals surface area contributed by atoms with E-state index in [2.05, 4.69) is 10.3 Å². The van der Waals surface area contributed by atoms with Crippen molar-refractivity contribution >= 4 is 28.8 Å². The number of nitrogens with zero attached hydrogens (tertiary/aromatic N) is 4. The first-order chi connectivity index (χ1) is 11.3. The van der Waals surface area contributed by atoms with E-state index < -0.39 is 11.2 Å². The quantitative estimate of drug-likeness (QED) is 0.640. The molecule has 0 aromatic carbocycles. The molecule has 0 spiro atoms. The second-order valence-electron chi connectivity index (χ2n) is 5.48. The second-order valence-corrected chi connectivity index (χ2v) is 6.42. The van der Waals surface area contributed by atoms with Gasteiger partial charge in [-0.2, -0.15) is 0 Å². The summed E-state index contributed by atoms with van der Waals surface area (Å²) in [5.41, 5.74) is -0.279. The lowest BCUT2D eigenvalue weighted by Crippen LogP contribution is -2.38. The zero-order valence-electron chi connectivity index (χ0n) is 14.1. The van der Waals surface area contributed by atoms with Crippen LogP contribution in [0.25, 0.3) is 11.2 Å². The van der Waals surface area contributed by atoms with Crippen LogP contribution >= 0.6 is 11.8 Å². The summed E-state index contributed by atoms with van der Waals surface area (Å²) < 4.78 is 3.91. The van der Waals surface area contributed by atoms with E-state index in [1.54, 1.807) is 18.7 Å². The van der Waals surface area contributed by atoms with Crippen molar-refractivity contribution in [1.82, 2.24) is 24.0 Å². The normalized spacial score (nSPS) is 12.5. The highest BCUT2D eigenvalue weighted by Gasteiger charge is 2.18. The topological polar surface area (TPSA) is 111 Å². The van der Waals surface area contributed by atoms with Crippen molar-refractivity contribution in [3.63, 3.8) is 0 Å². The highest BCUT2D eigenvalue weighted by molar-refractivity contribution is 7.99. The van der Waals surface area contributed by atoms with Gasteiger partial charge in [-0.3, -0.25) is 18.7 Å². The lowest BCUT2D eigenvalue weighted by atomic mass is 10.2. The maximum absolute atomic E-state index is 12.3. The maximum Gasteiger partial charge on any atom is 0.332 e. The molecule has 1 unspecified atom stereocenters. The van der Waals surface area contributed by atoms with Crippen LogP contribution in [0.3, 0.4) is 0 Å². The summed E-state index contributed by atoms with van der Waals surface area (Å²) in [5, 5.41) is 12.3. The molecule has 2 N–H and O–H groups in total. The number of thioether (sulfide) groups is 1. The number of aromatic nitrogens is 4. The number of hydrogen-bond donors (Lipinski definition) is 2. The van der Waals surface area contributed by atoms with Gasteiger partial charge in [-0.15, -0.1) is 0 Å². The first kappa shape index (κ1) is 18.3. The van der Waals surface area contributed by atoms with E-state index in [-0.39, 0.29) is 30.0 Å². The van der Waals surface area contributed by atoms with Crippen molar-refractivity contribution in [3.8, 4) is 0 Å². The van der Waals surface area contributed by atoms with Gasteiger partial charge in [0, 0.05) is 21.1 Å². The van der Waals surface area contributed by atoms with Crippen LogP contribution in [0.4, 0.5) is 0 Å². The molecule has 0 aliphatic heterocycles. The molecule has 0 saturated heterocycles. The Morgan fingerprint density at radius 2 is 1.92 bits per heavy atom. The zero-order valence-corrected chi connectivity index (χ0v) is 14.9. The summed E-state index contributed by atoms with van der Waals surface area (Å²) in [6, 6.07) is -0.272. The lowest BCUT2D eigenvalue weighted by Gasteiger charge is -2.13. The molecule has 1 amide bonds. The molecule has 0 aliphatic rings. The molecule has 0 fully saturated rings. The van der Waals surface area contributed by atoms with Gasteiger partial charge in [0.05, 0.1) is 18.4 Å². The maximum atomic E-state index is 12.3. The van der Waals surface area contributed by atoms with Gasteiger partial charge in [0.25, 0.3) is 5.56 Å². The number of aliphatic hydroxyl groups excluding tert-OH is 1. The fourth-order valence-electron chi connectivity index (χ4n) is 2.30. The van der Waals surface area contributed by atoms with Crippen LogP contribution < -0.4 is 16.6 Å². The fourth-order valence-corrected chi connectivity index (χ4v) is 3.08. The summed E-state index contributed by atoms with van der Waals surface area (Å²) in [7, 11) is 4.63. The van der Waals surface area contributed by atoms with Crippen molar-refractivity contribution < 1.29 is 9.90 Å². The number of amides is 1. The van der Waals surface area contributed by atoms with Gasteiger partial charge in [-0.25, -0.2) is 9.78 Å². The van der Waals surface area contributed by atoms with Crippen LogP contribution in [0.1, 0.15) is 13.3 Å². The Hall–Kier alpha value is -2.07. The highest BCUT2D eigenvalue weighted by Crippen LogP contribution is 2.19. The van der Waals surface area contributed by atoms with Crippen LogP contribution in [-0.4, -0.2) is 48.1 Å². The van der Waals surface area contributed by atoms with E-state index in [4.69, 9.17) is 5.11 Å². The van der Waals surface area contributed by atoms with Crippen molar-refractivity contribution in [2.45, 2.75) is 24.5 Å². The van der Waals surface area contributed by atoms with Gasteiger partial charge >= 0.3 is 5.69 Å². The van der Waals surface area contributed by atoms with E-state index in [1.165, 1.54) is 23.4 Å². The van der Waals surface area contributed by atoms with Crippen molar-refractivity contribution in [2.24, 2.45) is 21.1 Å². The minimum Gasteiger partial charge on any atom is -0.394 e. The molecule has 2 heterocycles. The number of rotatable bonds is 6. The van der Waals surface area contributed by atoms with E-state index in [9.17, 15) is 14.4 Å². The molecule has 9 nitrogen and oxygen atoms in total. The number of hydrogen-bond acceptors (Lipinski definition) is 6. The SMILES string of the molecule is CCC(CO)NC(=O)CSc1nc2c(c(=O)n(C)c(=O)n2C)n1C. The number of imidazole rings is 1. The first-order valence-electron chi connectivity index (χ1n) is 7.47. The number of aliphatic hydroxyl groups is 1. The smallest absolute Gasteiger partial charge is 0.332 e. The molecule has 1 atom stereocenters. The Morgan fingerprint density at radius 1 is 1.25 bits per heavy atom. The molecular weight excluding hydrogens is 334 g/mol. The predicted octanol–water partition coefficient (Wildman–Crippen LogP) is -1.05. The van der Waals surface area contributed by atoms with Gasteiger partial charge in [-0.1, -0.05) is 18.7 Å². The van der Waals surface area contributed by atoms with Crippen molar-refractivity contribution in [3.05, 3.63) is 20.8 Å². The molecule has 2 aromatic rings. The van der Waals surface area contributed by atoms with Crippen LogP contribution in [-0.2, 0) is 25.9 Å². The average molecular weight is 355 g/mol. The number of fused-ring (bicyclic) bond motifs is 1. The molecule has 2 aromatic heterocycles. The van der Waals surface area contributed by atoms with E-state index >= 15 is 0 Å². The Kier molecular flexibility index (Phi) is 5.50. The number of carbonyl (C=O) groups excluding carboxylic acids is 1. The highest BCUT2D eigenvalue weighted by atomic mass is 32.2. The van der Waals surface area contributed by atoms with E-state index in [0.29, 0.717) is 17.1 Å². The lowest BCUT2D eigenvalue weighted by molar-refractivity contribution is -0.119. The van der Waals surface area contributed by atoms with Crippen LogP contribution in [0.2, 0.25) is 0 Å². The Bertz CT molecular complexity index is 878. The number of nitrogens with one attached hydrogen (secondary N) is 1. The fraction of sp³-hybridized carbons (Fsp3) is 0.571. The third-order valence-corrected chi connectivity index (χ3v) is 4.88. The summed E-state index contributed by atoms with van der Waals surface area (Å²) in [5.74, 6) is -0.128. The predicted molar refractivity (Wildman–Crippen MR) is 91.2 cm³/mol. The molecule has 132 valence electrons. The standard InChI is InChI=1S/C14H21N5O4S/c1-5-8(6-20)15-9(21)7-24-13-16-11-10(17(13)2)12(22)19(4)14(23)18(11)3/h8,20H,5-7H2,1-4H3,(H,15,21). The molecule has 0 radical (unpaired) electrons. The third kappa shape index (κ3) is 3.24. The number of aryl methyl sites for hydroxylation is 2. The van der Waals surface area contributed by atoms with Gasteiger partial charge in [0.15, 0.2) is 16.3 Å². The average Bonchev–Trinajstić information content (AvgIpc) is 2.90. The Balaban J connectivity index is 2.29. The van der Waals surface area contributed by atoms with E-state index in [0.717, 1.165) is 4.57 Å². The van der Waals surface area contributed by atoms with Crippen molar-refractivity contribution in [2.75, 3.05) is 12.4 Å². The second kappa shape index (κ2) is 7.22. The van der Waals surface area contributed by atoms with Gasteiger partial charge < -0.3 is 15.0 Å². The van der Waals surface area contributed by atoms with Crippen molar-refractivity contribution in [1.29, 1.82) is 0 Å². The van der Waals surface area contributed by atoms with E-state index in [1.807, 2.05) is 6.92 Å². The molecular formula is C14H21N5O4S. The minimum absolute atomic E-state index is 0.0991. The summed E-state index contributed by atoms with van der Waals surface area (Å²) in [4.78, 5) is 40.5. The Labute approximate surface area is 142 Å². The molecule has 2 rings (SSSR count). The molecule has 0 saturated carbocycles. The van der Waals surface area contributed by atoms with Gasteiger partial charge in [0.1, 0.15) is 0 Å². The summed E-state index contributed by atoms with van der Waals surface area (Å²) >= 11 is 1.17. The monoisotopic (exact) mass is 355 g/mol. The third-order valence-electron chi connectivity index (χ3n) is 3.85. The zero-order chi connectivity index (χ0) is 18.0. The Morgan fingerprint density at radius 3 is 2.50 bits per heavy atom. The van der Waals surface area contributed by atoms with Gasteiger partial charge in [-0.05, 0) is 6.42 Å². The van der Waals surface area contributed by atoms with Crippen LogP contribution in [0.15, 0.2) is 14.7 Å². The summed E-state index contributed by atoms with van der Waals surface area (Å²) in [6.45, 7) is 1.76. The van der Waals surface area contributed by atoms with Crippen LogP contribution in [0, 0.1) is 0 Å².